The molecule has 0 saturated heterocycles. The quantitative estimate of drug-likeness (QED) is 0.393. The molecule has 0 aromatic heterocycles. The lowest BCUT2D eigenvalue weighted by Gasteiger charge is -1.89. The van der Waals surface area contributed by atoms with E-state index in [9.17, 15) is 4.79 Å². The number of halogens is 4. The van der Waals surface area contributed by atoms with Gasteiger partial charge in [-0.3, -0.25) is 4.79 Å². The lowest BCUT2D eigenvalue weighted by atomic mass is 10.2. The predicted molar refractivity (Wildman–Crippen MR) is 88.9 cm³/mol. The smallest absolute Gasteiger partial charge is 0.302 e. The summed E-state index contributed by atoms with van der Waals surface area (Å²) in [7, 11) is 0. The van der Waals surface area contributed by atoms with Crippen molar-refractivity contribution in [2.75, 3.05) is 17.3 Å². The molecule has 0 aliphatic heterocycles. The molecule has 0 aliphatic rings. The van der Waals surface area contributed by atoms with Crippen molar-refractivity contribution < 1.29 is 15.0 Å². The van der Waals surface area contributed by atoms with Crippen molar-refractivity contribution in [2.45, 2.75) is 53.4 Å². The van der Waals surface area contributed by atoms with Gasteiger partial charge >= 0.3 is 5.97 Å². The molecule has 19 heavy (non-hydrogen) atoms. The third-order valence-electron chi connectivity index (χ3n) is 1.30. The highest BCUT2D eigenvalue weighted by molar-refractivity contribution is 6.40. The lowest BCUT2D eigenvalue weighted by Crippen LogP contribution is -1.95. The fourth-order valence-corrected chi connectivity index (χ4v) is 0.703. The molecule has 7 heteroatoms. The van der Waals surface area contributed by atoms with Gasteiger partial charge in [0.2, 0.25) is 0 Å². The van der Waals surface area contributed by atoms with E-state index >= 15 is 0 Å². The van der Waals surface area contributed by atoms with Crippen LogP contribution in [0, 0.1) is 0 Å². The van der Waals surface area contributed by atoms with Crippen molar-refractivity contribution in [1.29, 1.82) is 0 Å². The maximum atomic E-state index is 9.82. The summed E-state index contributed by atoms with van der Waals surface area (Å²) in [5, 5.41) is 0.389. The standard InChI is InChI=1S/C6H14.C4H8O2.2CH2Cl2.H2O/c1-3-5-6-4-2;1-3-6-4(2)5;2*2-1-3;/h3-6H2,1-2H3;3H2,1-2H3;2*1H2;1H2. The Labute approximate surface area is 138 Å². The van der Waals surface area contributed by atoms with E-state index in [1.54, 1.807) is 6.92 Å². The van der Waals surface area contributed by atoms with E-state index in [-0.39, 0.29) is 22.1 Å². The van der Waals surface area contributed by atoms with Crippen LogP contribution in [0.1, 0.15) is 53.4 Å². The predicted octanol–water partition coefficient (Wildman–Crippen LogP) is 5.17. The lowest BCUT2D eigenvalue weighted by molar-refractivity contribution is -0.140. The van der Waals surface area contributed by atoms with E-state index < -0.39 is 0 Å². The molecular weight excluding hydrogens is 334 g/mol. The van der Waals surface area contributed by atoms with E-state index in [2.05, 4.69) is 18.6 Å². The number of esters is 1. The molecule has 122 valence electrons. The molecule has 0 rings (SSSR count). The Kier molecular flexibility index (Phi) is 71.7. The van der Waals surface area contributed by atoms with Crippen molar-refractivity contribution in [3.63, 3.8) is 0 Å². The highest BCUT2D eigenvalue weighted by Crippen LogP contribution is 1.95. The maximum Gasteiger partial charge on any atom is 0.302 e. The summed E-state index contributed by atoms with van der Waals surface area (Å²) in [6, 6.07) is 0. The molecule has 0 saturated carbocycles. The minimum absolute atomic E-state index is 0. The summed E-state index contributed by atoms with van der Waals surface area (Å²) in [4.78, 5) is 9.82. The van der Waals surface area contributed by atoms with Crippen LogP contribution >= 0.6 is 46.4 Å². The Morgan fingerprint density at radius 2 is 1.16 bits per heavy atom. The van der Waals surface area contributed by atoms with E-state index in [1.165, 1.54) is 32.6 Å². The summed E-state index contributed by atoms with van der Waals surface area (Å²) in [6.07, 6.45) is 5.54. The highest BCUT2D eigenvalue weighted by Gasteiger charge is 1.81. The van der Waals surface area contributed by atoms with Crippen LogP contribution in [0.25, 0.3) is 0 Å². The van der Waals surface area contributed by atoms with Gasteiger partial charge < -0.3 is 10.2 Å². The molecular formula is C12H28Cl4O3. The zero-order valence-corrected chi connectivity index (χ0v) is 15.3. The average Bonchev–Trinajstić information content (AvgIpc) is 2.29. The number of ether oxygens (including phenoxy) is 1. The summed E-state index contributed by atoms with van der Waals surface area (Å²) in [5.41, 5.74) is 0. The molecule has 0 aromatic carbocycles. The van der Waals surface area contributed by atoms with Crippen LogP contribution in [-0.4, -0.2) is 28.7 Å². The SMILES string of the molecule is CCCCCC.CCOC(C)=O.ClCCl.ClCCl.O. The first-order valence-electron chi connectivity index (χ1n) is 5.89. The normalized spacial score (nSPS) is 7.16. The zero-order chi connectivity index (χ0) is 15.2. The first-order valence-corrected chi connectivity index (χ1v) is 8.03. The van der Waals surface area contributed by atoms with Crippen molar-refractivity contribution in [3.05, 3.63) is 0 Å². The molecule has 0 amide bonds. The number of hydrogen-bond donors (Lipinski definition) is 0. The van der Waals surface area contributed by atoms with E-state index in [1.807, 2.05) is 0 Å². The topological polar surface area (TPSA) is 57.8 Å². The second-order valence-corrected chi connectivity index (χ2v) is 4.45. The van der Waals surface area contributed by atoms with Gasteiger partial charge in [0.1, 0.15) is 0 Å². The van der Waals surface area contributed by atoms with Crippen molar-refractivity contribution in [2.24, 2.45) is 0 Å². The Morgan fingerprint density at radius 1 is 0.895 bits per heavy atom. The fraction of sp³-hybridized carbons (Fsp3) is 0.917. The molecule has 0 atom stereocenters. The van der Waals surface area contributed by atoms with Gasteiger partial charge in [0, 0.05) is 6.92 Å². The molecule has 0 fully saturated rings. The Morgan fingerprint density at radius 3 is 1.21 bits per heavy atom. The average molecular weight is 362 g/mol. The number of rotatable bonds is 4. The van der Waals surface area contributed by atoms with E-state index in [0.29, 0.717) is 6.61 Å². The molecule has 0 aliphatic carbocycles. The van der Waals surface area contributed by atoms with E-state index in [0.717, 1.165) is 0 Å². The van der Waals surface area contributed by atoms with Crippen LogP contribution in [0.2, 0.25) is 0 Å². The molecule has 3 nitrogen and oxygen atoms in total. The largest absolute Gasteiger partial charge is 0.466 e. The molecule has 0 heterocycles. The Hall–Kier alpha value is 0.590. The third kappa shape index (κ3) is 118. The van der Waals surface area contributed by atoms with Gasteiger partial charge in [-0.15, -0.1) is 46.4 Å². The number of carbonyl (C=O) groups is 1. The zero-order valence-electron chi connectivity index (χ0n) is 12.3. The molecule has 0 aromatic rings. The second kappa shape index (κ2) is 42.8. The van der Waals surface area contributed by atoms with Crippen LogP contribution in [0.3, 0.4) is 0 Å². The van der Waals surface area contributed by atoms with Gasteiger partial charge in [-0.1, -0.05) is 39.5 Å². The minimum Gasteiger partial charge on any atom is -0.466 e. The third-order valence-corrected chi connectivity index (χ3v) is 1.30. The fourth-order valence-electron chi connectivity index (χ4n) is 0.703. The summed E-state index contributed by atoms with van der Waals surface area (Å²) < 4.78 is 4.40. The van der Waals surface area contributed by atoms with Crippen molar-refractivity contribution in [1.82, 2.24) is 0 Å². The van der Waals surface area contributed by atoms with Crippen LogP contribution in [-0.2, 0) is 9.53 Å². The molecule has 0 radical (unpaired) electrons. The Bertz CT molecular complexity index is 122. The van der Waals surface area contributed by atoms with Crippen LogP contribution < -0.4 is 0 Å². The number of carbonyl (C=O) groups excluding carboxylic acids is 1. The minimum atomic E-state index is -0.211. The first kappa shape index (κ1) is 31.8. The molecule has 0 unspecified atom stereocenters. The van der Waals surface area contributed by atoms with Crippen LogP contribution in [0.15, 0.2) is 0 Å². The van der Waals surface area contributed by atoms with Crippen molar-refractivity contribution >= 4 is 52.4 Å². The number of alkyl halides is 4. The summed E-state index contributed by atoms with van der Waals surface area (Å²) in [6.45, 7) is 8.12. The first-order chi connectivity index (χ1) is 8.51. The van der Waals surface area contributed by atoms with Gasteiger partial charge in [0.15, 0.2) is 0 Å². The van der Waals surface area contributed by atoms with Crippen LogP contribution in [0.4, 0.5) is 0 Å². The second-order valence-electron chi connectivity index (χ2n) is 2.83. The Balaban J connectivity index is -0.0000000476. The van der Waals surface area contributed by atoms with Gasteiger partial charge in [-0.05, 0) is 6.92 Å². The molecule has 0 bridgehead atoms. The van der Waals surface area contributed by atoms with Crippen LogP contribution in [0.5, 0.6) is 0 Å². The van der Waals surface area contributed by atoms with Gasteiger partial charge in [0.05, 0.1) is 17.3 Å². The van der Waals surface area contributed by atoms with Gasteiger partial charge in [0.25, 0.3) is 0 Å². The maximum absolute atomic E-state index is 9.82. The van der Waals surface area contributed by atoms with Crippen molar-refractivity contribution in [3.8, 4) is 0 Å². The number of hydrogen-bond acceptors (Lipinski definition) is 2. The monoisotopic (exact) mass is 360 g/mol. The number of unbranched alkanes of at least 4 members (excludes halogenated alkanes) is 3. The molecule has 2 N–H and O–H groups in total. The van der Waals surface area contributed by atoms with Gasteiger partial charge in [-0.25, -0.2) is 0 Å². The summed E-state index contributed by atoms with van der Waals surface area (Å²) >= 11 is 19.1. The summed E-state index contributed by atoms with van der Waals surface area (Å²) in [5.74, 6) is -0.211. The van der Waals surface area contributed by atoms with Gasteiger partial charge in [-0.2, -0.15) is 0 Å². The molecule has 0 spiro atoms. The highest BCUT2D eigenvalue weighted by atomic mass is 35.5. The van der Waals surface area contributed by atoms with E-state index in [4.69, 9.17) is 46.4 Å².